The second kappa shape index (κ2) is 4.66. The van der Waals surface area contributed by atoms with E-state index in [1.54, 1.807) is 0 Å². The number of rotatable bonds is 2. The Kier molecular flexibility index (Phi) is 3.79. The van der Waals surface area contributed by atoms with Crippen molar-refractivity contribution in [1.82, 2.24) is 14.9 Å². The molecule has 0 aromatic heterocycles. The lowest BCUT2D eigenvalue weighted by molar-refractivity contribution is -0.124. The van der Waals surface area contributed by atoms with Crippen molar-refractivity contribution >= 4 is 17.2 Å². The van der Waals surface area contributed by atoms with E-state index in [1.165, 1.54) is 7.05 Å². The fourth-order valence-electron chi connectivity index (χ4n) is 1.25. The molecule has 1 heterocycles. The van der Waals surface area contributed by atoms with Crippen LogP contribution >= 0.6 is 0 Å². The van der Waals surface area contributed by atoms with Crippen LogP contribution in [0.15, 0.2) is 0 Å². The lowest BCUT2D eigenvalue weighted by Gasteiger charge is -2.35. The third kappa shape index (κ3) is 2.47. The van der Waals surface area contributed by atoms with Gasteiger partial charge in [-0.05, 0) is 0 Å². The van der Waals surface area contributed by atoms with E-state index in [0.717, 1.165) is 4.31 Å². The standard InChI is InChI=1S/C6H13N3O3S/c1-7-6(10)5-4-8-2-3-9(5)13(11)12/h5,8H,2-4H2,1H3,(H,7,10)(H,11,12)/p-1/t5-/m1/s1. The number of likely N-dealkylation sites (N-methyl/N-ethyl adjacent to an activating group) is 1. The molecule has 1 aliphatic rings. The largest absolute Gasteiger partial charge is 0.760 e. The van der Waals surface area contributed by atoms with Crippen LogP contribution in [0.1, 0.15) is 0 Å². The Morgan fingerprint density at radius 2 is 2.46 bits per heavy atom. The van der Waals surface area contributed by atoms with Gasteiger partial charge in [0.25, 0.3) is 0 Å². The highest BCUT2D eigenvalue weighted by molar-refractivity contribution is 7.76. The highest BCUT2D eigenvalue weighted by Gasteiger charge is 2.28. The van der Waals surface area contributed by atoms with Gasteiger partial charge in [-0.1, -0.05) is 0 Å². The van der Waals surface area contributed by atoms with Gasteiger partial charge in [0.1, 0.15) is 6.04 Å². The van der Waals surface area contributed by atoms with Crippen molar-refractivity contribution < 1.29 is 13.6 Å². The highest BCUT2D eigenvalue weighted by atomic mass is 32.2. The minimum absolute atomic E-state index is 0.281. The van der Waals surface area contributed by atoms with E-state index < -0.39 is 17.3 Å². The average Bonchev–Trinajstić information content (AvgIpc) is 2.16. The molecule has 1 aliphatic heterocycles. The number of amides is 1. The van der Waals surface area contributed by atoms with Crippen LogP contribution in [0.5, 0.6) is 0 Å². The molecule has 1 rings (SSSR count). The summed E-state index contributed by atoms with van der Waals surface area (Å²) in [6, 6.07) is -0.614. The minimum atomic E-state index is -2.32. The summed E-state index contributed by atoms with van der Waals surface area (Å²) in [5, 5.41) is 5.38. The average molecular weight is 206 g/mol. The first-order valence-corrected chi connectivity index (χ1v) is 4.98. The number of hydrogen-bond acceptors (Lipinski definition) is 4. The van der Waals surface area contributed by atoms with Crippen molar-refractivity contribution in [2.45, 2.75) is 6.04 Å². The maximum Gasteiger partial charge on any atom is 0.239 e. The molecule has 0 aliphatic carbocycles. The molecule has 0 aromatic carbocycles. The molecule has 0 saturated carbocycles. The lowest BCUT2D eigenvalue weighted by atomic mass is 10.2. The summed E-state index contributed by atoms with van der Waals surface area (Å²) in [7, 11) is 1.49. The molecule has 0 radical (unpaired) electrons. The van der Waals surface area contributed by atoms with Gasteiger partial charge in [0.15, 0.2) is 0 Å². The summed E-state index contributed by atoms with van der Waals surface area (Å²) < 4.78 is 22.6. The molecule has 13 heavy (non-hydrogen) atoms. The van der Waals surface area contributed by atoms with Crippen LogP contribution in [0.25, 0.3) is 0 Å². The minimum Gasteiger partial charge on any atom is -0.760 e. The van der Waals surface area contributed by atoms with Crippen LogP contribution in [0.3, 0.4) is 0 Å². The van der Waals surface area contributed by atoms with Crippen molar-refractivity contribution in [3.8, 4) is 0 Å². The normalized spacial score (nSPS) is 26.8. The first-order chi connectivity index (χ1) is 6.16. The van der Waals surface area contributed by atoms with E-state index in [4.69, 9.17) is 0 Å². The van der Waals surface area contributed by atoms with Crippen molar-refractivity contribution in [2.75, 3.05) is 26.7 Å². The molecule has 0 aromatic rings. The lowest BCUT2D eigenvalue weighted by Crippen LogP contribution is -2.57. The number of carbonyl (C=O) groups excluding carboxylic acids is 1. The fourth-order valence-corrected chi connectivity index (χ4v) is 1.87. The van der Waals surface area contributed by atoms with E-state index in [9.17, 15) is 13.6 Å². The van der Waals surface area contributed by atoms with Crippen molar-refractivity contribution in [1.29, 1.82) is 0 Å². The molecular formula is C6H12N3O3S-. The number of piperazine rings is 1. The Labute approximate surface area is 79.1 Å². The molecule has 0 spiro atoms. The Balaban J connectivity index is 2.67. The topological polar surface area (TPSA) is 84.5 Å². The predicted molar refractivity (Wildman–Crippen MR) is 46.4 cm³/mol. The third-order valence-corrected chi connectivity index (χ3v) is 2.75. The second-order valence-electron chi connectivity index (χ2n) is 2.69. The molecule has 1 fully saturated rings. The van der Waals surface area contributed by atoms with Crippen LogP contribution in [0, 0.1) is 0 Å². The third-order valence-electron chi connectivity index (χ3n) is 1.93. The SMILES string of the molecule is CNC(=O)[C@H]1CNCCN1S(=O)[O-]. The van der Waals surface area contributed by atoms with Gasteiger partial charge >= 0.3 is 0 Å². The van der Waals surface area contributed by atoms with Gasteiger partial charge in [0, 0.05) is 37.9 Å². The fraction of sp³-hybridized carbons (Fsp3) is 0.833. The van der Waals surface area contributed by atoms with E-state index >= 15 is 0 Å². The van der Waals surface area contributed by atoms with Gasteiger partial charge in [-0.2, -0.15) is 0 Å². The molecule has 76 valence electrons. The van der Waals surface area contributed by atoms with Crippen LogP contribution in [0.2, 0.25) is 0 Å². The zero-order valence-electron chi connectivity index (χ0n) is 7.28. The molecular weight excluding hydrogens is 194 g/mol. The molecule has 6 nitrogen and oxygen atoms in total. The van der Waals surface area contributed by atoms with E-state index in [-0.39, 0.29) is 5.91 Å². The van der Waals surface area contributed by atoms with Gasteiger partial charge in [-0.3, -0.25) is 9.00 Å². The highest BCUT2D eigenvalue weighted by Crippen LogP contribution is 2.04. The van der Waals surface area contributed by atoms with Gasteiger partial charge in [-0.25, -0.2) is 4.31 Å². The molecule has 1 unspecified atom stereocenters. The van der Waals surface area contributed by atoms with E-state index in [0.29, 0.717) is 19.6 Å². The first-order valence-electron chi connectivity index (χ1n) is 3.95. The molecule has 2 N–H and O–H groups in total. The maximum absolute atomic E-state index is 11.2. The smallest absolute Gasteiger partial charge is 0.239 e. The summed E-state index contributed by atoms with van der Waals surface area (Å²) in [5.74, 6) is -0.281. The van der Waals surface area contributed by atoms with Gasteiger partial charge in [-0.15, -0.1) is 0 Å². The number of carbonyl (C=O) groups is 1. The summed E-state index contributed by atoms with van der Waals surface area (Å²) in [6.07, 6.45) is 0. The Morgan fingerprint density at radius 3 is 3.00 bits per heavy atom. The zero-order chi connectivity index (χ0) is 9.84. The number of hydrogen-bond donors (Lipinski definition) is 2. The molecule has 7 heteroatoms. The van der Waals surface area contributed by atoms with E-state index in [1.807, 2.05) is 0 Å². The second-order valence-corrected chi connectivity index (χ2v) is 3.60. The first kappa shape index (κ1) is 10.6. The predicted octanol–water partition coefficient (Wildman–Crippen LogP) is -2.20. The van der Waals surface area contributed by atoms with E-state index in [2.05, 4.69) is 10.6 Å². The van der Waals surface area contributed by atoms with Gasteiger partial charge in [0.2, 0.25) is 5.91 Å². The number of nitrogens with zero attached hydrogens (tertiary/aromatic N) is 1. The monoisotopic (exact) mass is 206 g/mol. The van der Waals surface area contributed by atoms with Gasteiger partial charge in [0.05, 0.1) is 0 Å². The summed E-state index contributed by atoms with van der Waals surface area (Å²) in [6.45, 7) is 1.29. The van der Waals surface area contributed by atoms with Crippen LogP contribution in [0.4, 0.5) is 0 Å². The summed E-state index contributed by atoms with van der Waals surface area (Å²) in [5.41, 5.74) is 0. The zero-order valence-corrected chi connectivity index (χ0v) is 8.10. The molecule has 0 bridgehead atoms. The number of nitrogens with one attached hydrogen (secondary N) is 2. The van der Waals surface area contributed by atoms with Crippen molar-refractivity contribution in [3.63, 3.8) is 0 Å². The summed E-state index contributed by atoms with van der Waals surface area (Å²) >= 11 is -2.32. The molecule has 1 amide bonds. The van der Waals surface area contributed by atoms with Crippen LogP contribution in [-0.4, -0.2) is 51.7 Å². The Bertz CT molecular complexity index is 223. The maximum atomic E-state index is 11.2. The Morgan fingerprint density at radius 1 is 1.77 bits per heavy atom. The van der Waals surface area contributed by atoms with Crippen LogP contribution < -0.4 is 10.6 Å². The van der Waals surface area contributed by atoms with Gasteiger partial charge < -0.3 is 15.2 Å². The van der Waals surface area contributed by atoms with Crippen molar-refractivity contribution in [3.05, 3.63) is 0 Å². The van der Waals surface area contributed by atoms with Crippen molar-refractivity contribution in [2.24, 2.45) is 0 Å². The quantitative estimate of drug-likeness (QED) is 0.502. The molecule has 1 saturated heterocycles. The summed E-state index contributed by atoms with van der Waals surface area (Å²) in [4.78, 5) is 11.2. The van der Waals surface area contributed by atoms with Crippen LogP contribution in [-0.2, 0) is 16.1 Å². The molecule has 2 atom stereocenters. The Hall–Kier alpha value is -0.500.